The molecule has 33 heavy (non-hydrogen) atoms. The maximum Gasteiger partial charge on any atom is 0.243 e. The van der Waals surface area contributed by atoms with Gasteiger partial charge in [-0.1, -0.05) is 24.3 Å². The van der Waals surface area contributed by atoms with E-state index in [4.69, 9.17) is 0 Å². The smallest absolute Gasteiger partial charge is 0.243 e. The number of hydrogen-bond acceptors (Lipinski definition) is 5. The summed E-state index contributed by atoms with van der Waals surface area (Å²) in [5.74, 6) is -0.345. The second kappa shape index (κ2) is 9.54. The van der Waals surface area contributed by atoms with E-state index >= 15 is 0 Å². The van der Waals surface area contributed by atoms with E-state index in [0.29, 0.717) is 4.90 Å². The highest BCUT2D eigenvalue weighted by atomic mass is 32.2. The zero-order valence-corrected chi connectivity index (χ0v) is 20.3. The van der Waals surface area contributed by atoms with E-state index in [1.165, 1.54) is 33.9 Å². The van der Waals surface area contributed by atoms with Crippen molar-refractivity contribution in [2.75, 3.05) is 39.8 Å². The molecular formula is C23H29N3O5S2. The number of nitrogens with zero attached hydrogens (tertiary/aromatic N) is 3. The average molecular weight is 492 g/mol. The van der Waals surface area contributed by atoms with E-state index in [9.17, 15) is 21.6 Å². The van der Waals surface area contributed by atoms with Gasteiger partial charge < -0.3 is 4.90 Å². The Kier molecular flexibility index (Phi) is 6.90. The lowest BCUT2D eigenvalue weighted by atomic mass is 9.92. The molecule has 178 valence electrons. The van der Waals surface area contributed by atoms with Crippen molar-refractivity contribution in [1.29, 1.82) is 0 Å². The molecule has 2 aromatic carbocycles. The Labute approximate surface area is 195 Å². The van der Waals surface area contributed by atoms with Crippen molar-refractivity contribution in [3.8, 4) is 0 Å². The second-order valence-electron chi connectivity index (χ2n) is 8.50. The van der Waals surface area contributed by atoms with Gasteiger partial charge in [0.2, 0.25) is 26.0 Å². The van der Waals surface area contributed by atoms with Gasteiger partial charge in [0, 0.05) is 33.2 Å². The standard InChI is InChI=1S/C23H29N3O5S2/c1-24(32(28,29)21-9-3-2-4-10-21)18-23(27)25-13-15-26(16-14-25)33(30,31)22-12-11-19-7-5-6-8-20(19)17-22/h2-4,9-12,17H,5-8,13-16,18H2,1H3. The van der Waals surface area contributed by atoms with Gasteiger partial charge in [0.05, 0.1) is 16.3 Å². The molecule has 0 radical (unpaired) electrons. The Morgan fingerprint density at radius 2 is 1.48 bits per heavy atom. The van der Waals surface area contributed by atoms with E-state index in [0.717, 1.165) is 35.6 Å². The number of sulfonamides is 2. The number of rotatable bonds is 6. The van der Waals surface area contributed by atoms with E-state index in [2.05, 4.69) is 0 Å². The Balaban J connectivity index is 1.38. The summed E-state index contributed by atoms with van der Waals surface area (Å²) in [7, 11) is -6.04. The summed E-state index contributed by atoms with van der Waals surface area (Å²) < 4.78 is 54.1. The molecule has 1 fully saturated rings. The number of fused-ring (bicyclic) bond motifs is 1. The van der Waals surface area contributed by atoms with Crippen LogP contribution in [0.1, 0.15) is 24.0 Å². The third kappa shape index (κ3) is 4.98. The minimum atomic E-state index is -3.77. The van der Waals surface area contributed by atoms with E-state index in [1.54, 1.807) is 30.3 Å². The molecule has 1 aliphatic carbocycles. The summed E-state index contributed by atoms with van der Waals surface area (Å²) >= 11 is 0. The van der Waals surface area contributed by atoms with Gasteiger partial charge in [-0.15, -0.1) is 0 Å². The van der Waals surface area contributed by atoms with Crippen LogP contribution in [0.2, 0.25) is 0 Å². The van der Waals surface area contributed by atoms with Crippen LogP contribution in [0.3, 0.4) is 0 Å². The van der Waals surface area contributed by atoms with Crippen LogP contribution in [0.4, 0.5) is 0 Å². The van der Waals surface area contributed by atoms with E-state index in [-0.39, 0.29) is 43.5 Å². The number of carbonyl (C=O) groups excluding carboxylic acids is 1. The van der Waals surface area contributed by atoms with Crippen molar-refractivity contribution in [2.45, 2.75) is 35.5 Å². The monoisotopic (exact) mass is 491 g/mol. The summed E-state index contributed by atoms with van der Waals surface area (Å²) in [5.41, 5.74) is 2.34. The molecule has 1 aliphatic heterocycles. The third-order valence-electron chi connectivity index (χ3n) is 6.36. The molecule has 0 saturated carbocycles. The molecule has 0 unspecified atom stereocenters. The highest BCUT2D eigenvalue weighted by Crippen LogP contribution is 2.26. The maximum atomic E-state index is 13.2. The normalized spacial score (nSPS) is 17.7. The molecule has 0 bridgehead atoms. The topological polar surface area (TPSA) is 95.1 Å². The Morgan fingerprint density at radius 3 is 2.15 bits per heavy atom. The van der Waals surface area contributed by atoms with E-state index < -0.39 is 20.0 Å². The minimum absolute atomic E-state index is 0.126. The fraction of sp³-hybridized carbons (Fsp3) is 0.435. The number of carbonyl (C=O) groups is 1. The highest BCUT2D eigenvalue weighted by Gasteiger charge is 2.32. The third-order valence-corrected chi connectivity index (χ3v) is 10.1. The molecule has 0 N–H and O–H groups in total. The van der Waals surface area contributed by atoms with Crippen LogP contribution in [0, 0.1) is 0 Å². The van der Waals surface area contributed by atoms with Gasteiger partial charge in [0.1, 0.15) is 0 Å². The SMILES string of the molecule is CN(CC(=O)N1CCN(S(=O)(=O)c2ccc3c(c2)CCCC3)CC1)S(=O)(=O)c1ccccc1. The van der Waals surface area contributed by atoms with Crippen LogP contribution in [-0.2, 0) is 37.7 Å². The number of amides is 1. The van der Waals surface area contributed by atoms with Crippen LogP contribution >= 0.6 is 0 Å². The summed E-state index contributed by atoms with van der Waals surface area (Å²) in [5, 5.41) is 0. The van der Waals surface area contributed by atoms with Crippen LogP contribution in [0.5, 0.6) is 0 Å². The molecule has 0 spiro atoms. The lowest BCUT2D eigenvalue weighted by molar-refractivity contribution is -0.132. The number of aryl methyl sites for hydroxylation is 2. The maximum absolute atomic E-state index is 13.2. The Bertz CT molecular complexity index is 1220. The fourth-order valence-electron chi connectivity index (χ4n) is 4.35. The predicted molar refractivity (Wildman–Crippen MR) is 125 cm³/mol. The molecule has 0 atom stereocenters. The molecular weight excluding hydrogens is 462 g/mol. The first-order valence-electron chi connectivity index (χ1n) is 11.1. The van der Waals surface area contributed by atoms with Crippen molar-refractivity contribution in [2.24, 2.45) is 0 Å². The van der Waals surface area contributed by atoms with Crippen molar-refractivity contribution < 1.29 is 21.6 Å². The quantitative estimate of drug-likeness (QED) is 0.613. The molecule has 4 rings (SSSR count). The van der Waals surface area contributed by atoms with Crippen LogP contribution < -0.4 is 0 Å². The van der Waals surface area contributed by atoms with Crippen LogP contribution in [0.15, 0.2) is 58.3 Å². The summed E-state index contributed by atoms with van der Waals surface area (Å²) in [4.78, 5) is 14.7. The predicted octanol–water partition coefficient (Wildman–Crippen LogP) is 1.72. The average Bonchev–Trinajstić information content (AvgIpc) is 2.84. The molecule has 1 saturated heterocycles. The lowest BCUT2D eigenvalue weighted by Crippen LogP contribution is -2.52. The first kappa shape index (κ1) is 23.9. The van der Waals surface area contributed by atoms with Gasteiger partial charge in [-0.3, -0.25) is 4.79 Å². The largest absolute Gasteiger partial charge is 0.339 e. The Morgan fingerprint density at radius 1 is 0.848 bits per heavy atom. The number of piperazine rings is 1. The first-order valence-corrected chi connectivity index (χ1v) is 14.0. The minimum Gasteiger partial charge on any atom is -0.339 e. The molecule has 8 nitrogen and oxygen atoms in total. The number of likely N-dealkylation sites (N-methyl/N-ethyl adjacent to an activating group) is 1. The summed E-state index contributed by atoms with van der Waals surface area (Å²) in [6, 6.07) is 13.4. The van der Waals surface area contributed by atoms with Crippen molar-refractivity contribution in [3.63, 3.8) is 0 Å². The lowest BCUT2D eigenvalue weighted by Gasteiger charge is -2.34. The molecule has 2 aliphatic rings. The zero-order chi connectivity index (χ0) is 23.6. The molecule has 1 amide bonds. The molecule has 10 heteroatoms. The van der Waals surface area contributed by atoms with Crippen molar-refractivity contribution in [1.82, 2.24) is 13.5 Å². The Hall–Kier alpha value is -2.27. The van der Waals surface area contributed by atoms with Gasteiger partial charge >= 0.3 is 0 Å². The molecule has 0 aromatic heterocycles. The van der Waals surface area contributed by atoms with Gasteiger partial charge in [0.15, 0.2) is 0 Å². The van der Waals surface area contributed by atoms with Gasteiger partial charge in [-0.2, -0.15) is 8.61 Å². The van der Waals surface area contributed by atoms with Gasteiger partial charge in [-0.05, 0) is 61.1 Å². The zero-order valence-electron chi connectivity index (χ0n) is 18.7. The van der Waals surface area contributed by atoms with Gasteiger partial charge in [0.25, 0.3) is 0 Å². The number of benzene rings is 2. The molecule has 1 heterocycles. The van der Waals surface area contributed by atoms with Crippen molar-refractivity contribution >= 4 is 26.0 Å². The van der Waals surface area contributed by atoms with Crippen LogP contribution in [0.25, 0.3) is 0 Å². The van der Waals surface area contributed by atoms with E-state index in [1.807, 2.05) is 6.07 Å². The summed E-state index contributed by atoms with van der Waals surface area (Å²) in [6.07, 6.45) is 4.11. The fourth-order valence-corrected chi connectivity index (χ4v) is 6.96. The summed E-state index contributed by atoms with van der Waals surface area (Å²) in [6.45, 7) is 0.514. The second-order valence-corrected chi connectivity index (χ2v) is 12.5. The number of hydrogen-bond donors (Lipinski definition) is 0. The highest BCUT2D eigenvalue weighted by molar-refractivity contribution is 7.89. The first-order chi connectivity index (χ1) is 15.7. The molecule has 2 aromatic rings. The van der Waals surface area contributed by atoms with Crippen LogP contribution in [-0.4, -0.2) is 76.0 Å². The van der Waals surface area contributed by atoms with Gasteiger partial charge in [-0.25, -0.2) is 16.8 Å². The van der Waals surface area contributed by atoms with Crippen molar-refractivity contribution in [3.05, 3.63) is 59.7 Å².